The van der Waals surface area contributed by atoms with Gasteiger partial charge < -0.3 is 20.7 Å². The van der Waals surface area contributed by atoms with Gasteiger partial charge in [0.25, 0.3) is 0 Å². The minimum atomic E-state index is -0.0504. The normalized spacial score (nSPS) is 12.7. The zero-order chi connectivity index (χ0) is 35.0. The lowest BCUT2D eigenvalue weighted by atomic mass is 10.0. The summed E-state index contributed by atoms with van der Waals surface area (Å²) in [6.45, 7) is 2.89. The molecule has 1 saturated heterocycles. The Hall–Kier alpha value is -5.32. The van der Waals surface area contributed by atoms with Crippen LogP contribution in [-0.4, -0.2) is 58.6 Å². The quantitative estimate of drug-likeness (QED) is 0.0927. The number of urea groups is 1. The van der Waals surface area contributed by atoms with Crippen molar-refractivity contribution in [2.45, 2.75) is 32.1 Å². The van der Waals surface area contributed by atoms with Crippen LogP contribution in [0.15, 0.2) is 109 Å². The van der Waals surface area contributed by atoms with E-state index in [1.807, 2.05) is 34.6 Å². The zero-order valence-corrected chi connectivity index (χ0v) is 29.8. The predicted octanol–water partition coefficient (Wildman–Crippen LogP) is 6.62. The lowest BCUT2D eigenvalue weighted by Crippen LogP contribution is -2.33. The van der Waals surface area contributed by atoms with Crippen molar-refractivity contribution in [3.05, 3.63) is 126 Å². The van der Waals surface area contributed by atoms with Crippen molar-refractivity contribution >= 4 is 17.4 Å². The molecule has 51 heavy (non-hydrogen) atoms. The molecule has 4 aromatic carbocycles. The Morgan fingerprint density at radius 1 is 0.882 bits per heavy atom. The monoisotopic (exact) mass is 698 g/mol. The maximum atomic E-state index is 12.2. The first-order valence-corrected chi connectivity index (χ1v) is 18.5. The number of aryl methyl sites for hydroxylation is 4. The summed E-state index contributed by atoms with van der Waals surface area (Å²) in [4.78, 5) is 20.5. The second-order valence-corrected chi connectivity index (χ2v) is 13.8. The second-order valence-electron chi connectivity index (χ2n) is 12.8. The highest BCUT2D eigenvalue weighted by molar-refractivity contribution is 7.18. The molecule has 0 radical (unpaired) electrons. The van der Waals surface area contributed by atoms with E-state index < -0.39 is 0 Å². The van der Waals surface area contributed by atoms with Crippen molar-refractivity contribution in [1.82, 2.24) is 25.1 Å². The highest BCUT2D eigenvalue weighted by Gasteiger charge is 2.22. The molecule has 260 valence electrons. The predicted molar refractivity (Wildman–Crippen MR) is 203 cm³/mol. The maximum absolute atomic E-state index is 12.2. The van der Waals surface area contributed by atoms with Gasteiger partial charge in [-0.1, -0.05) is 84.9 Å². The van der Waals surface area contributed by atoms with Crippen molar-refractivity contribution in [3.63, 3.8) is 0 Å². The number of ether oxygens (including phenoxy) is 1. The third-order valence-corrected chi connectivity index (χ3v) is 10.5. The molecule has 1 aliphatic heterocycles. The Bertz CT molecular complexity index is 2060. The number of nitrogens with zero attached hydrogens (tertiary/aromatic N) is 5. The highest BCUT2D eigenvalue weighted by Crippen LogP contribution is 2.40. The summed E-state index contributed by atoms with van der Waals surface area (Å²) >= 11 is 1.69. The van der Waals surface area contributed by atoms with Crippen molar-refractivity contribution in [2.75, 3.05) is 32.8 Å². The van der Waals surface area contributed by atoms with E-state index in [1.165, 1.54) is 16.7 Å². The summed E-state index contributed by atoms with van der Waals surface area (Å²) in [5.74, 6) is 0.714. The molecule has 10 heteroatoms. The van der Waals surface area contributed by atoms with Gasteiger partial charge in [0.05, 0.1) is 27.9 Å². The number of unbranched alkanes of at least 4 members (excludes halogenated alkanes) is 1. The molecule has 0 unspecified atom stereocenters. The second kappa shape index (κ2) is 16.1. The molecule has 0 saturated carbocycles. The van der Waals surface area contributed by atoms with Gasteiger partial charge in [0.2, 0.25) is 0 Å². The number of nitrogens with one attached hydrogen (secondary N) is 1. The molecule has 3 heterocycles. The third-order valence-electron chi connectivity index (χ3n) is 9.27. The fourth-order valence-corrected chi connectivity index (χ4v) is 7.55. The lowest BCUT2D eigenvalue weighted by Gasteiger charge is -2.16. The standard InChI is InChI=1S/C41H43N7O2S/c1-46-35(14-8-9-23-42)29-48(45-46)34-20-21-36(38(28-34)50-27-26-47-25-24-43-41(47)49)40-44-37(39(51-40)33-12-6-3-7-13-33)22-17-30-15-18-32(19-16-30)31-10-4-2-5-11-31/h2-7,10-13,15-16,18-21,28-29H,8-9,14,17,22-27,42H2,1H3/p+1. The van der Waals surface area contributed by atoms with Crippen LogP contribution in [0.2, 0.25) is 0 Å². The van der Waals surface area contributed by atoms with Crippen LogP contribution < -0.4 is 20.5 Å². The molecule has 3 N–H and O–H groups in total. The molecular weight excluding hydrogens is 655 g/mol. The number of aromatic nitrogens is 4. The number of carbonyl (C=O) groups is 1. The smallest absolute Gasteiger partial charge is 0.317 e. The Balaban J connectivity index is 1.18. The van der Waals surface area contributed by atoms with Gasteiger partial charge in [0.1, 0.15) is 24.4 Å². The number of hydrogen-bond donors (Lipinski definition) is 2. The largest absolute Gasteiger partial charge is 0.491 e. The molecule has 2 amide bonds. The van der Waals surface area contributed by atoms with Crippen LogP contribution in [0.5, 0.6) is 5.75 Å². The number of benzene rings is 4. The first kappa shape index (κ1) is 34.1. The average molecular weight is 699 g/mol. The SMILES string of the molecule is Cn1n[n+](-c2ccc(-c3nc(CCc4ccc(-c5ccccc5)cc4)c(-c4ccccc4)s3)c(OCCN3CCNC3=O)c2)cc1CCCCN. The Labute approximate surface area is 303 Å². The molecule has 0 aliphatic carbocycles. The summed E-state index contributed by atoms with van der Waals surface area (Å²) in [5, 5.41) is 8.54. The first-order valence-electron chi connectivity index (χ1n) is 17.7. The van der Waals surface area contributed by atoms with Gasteiger partial charge in [-0.05, 0) is 66.6 Å². The summed E-state index contributed by atoms with van der Waals surface area (Å²) < 4.78 is 10.3. The fourth-order valence-electron chi connectivity index (χ4n) is 6.40. The molecule has 7 rings (SSSR count). The van der Waals surface area contributed by atoms with Crippen molar-refractivity contribution in [1.29, 1.82) is 0 Å². The molecule has 9 nitrogen and oxygen atoms in total. The molecule has 0 atom stereocenters. The third kappa shape index (κ3) is 8.19. The van der Waals surface area contributed by atoms with Crippen LogP contribution in [0.4, 0.5) is 4.79 Å². The minimum Gasteiger partial charge on any atom is -0.491 e. The lowest BCUT2D eigenvalue weighted by molar-refractivity contribution is -0.661. The Kier molecular flexibility index (Phi) is 10.8. The average Bonchev–Trinajstić information content (AvgIpc) is 3.90. The van der Waals surface area contributed by atoms with E-state index in [9.17, 15) is 4.79 Å². The first-order chi connectivity index (χ1) is 25.1. The van der Waals surface area contributed by atoms with Crippen LogP contribution >= 0.6 is 11.3 Å². The van der Waals surface area contributed by atoms with Gasteiger partial charge in [0, 0.05) is 25.6 Å². The van der Waals surface area contributed by atoms with Crippen LogP contribution in [0.3, 0.4) is 0 Å². The highest BCUT2D eigenvalue weighted by atomic mass is 32.1. The summed E-state index contributed by atoms with van der Waals surface area (Å²) in [7, 11) is 1.97. The number of carbonyl (C=O) groups excluding carboxylic acids is 1. The van der Waals surface area contributed by atoms with Gasteiger partial charge in [-0.15, -0.1) is 20.7 Å². The number of nitrogens with two attached hydrogens (primary N) is 1. The van der Waals surface area contributed by atoms with Gasteiger partial charge in [0.15, 0.2) is 17.6 Å². The van der Waals surface area contributed by atoms with Crippen LogP contribution in [0.25, 0.3) is 37.8 Å². The molecule has 1 aliphatic rings. The number of rotatable bonds is 15. The van der Waals surface area contributed by atoms with Crippen molar-refractivity contribution in [2.24, 2.45) is 12.8 Å². The number of amides is 2. The van der Waals surface area contributed by atoms with Gasteiger partial charge in [-0.2, -0.15) is 0 Å². The van der Waals surface area contributed by atoms with E-state index in [1.54, 1.807) is 16.2 Å². The summed E-state index contributed by atoms with van der Waals surface area (Å²) in [6, 6.07) is 36.0. The zero-order valence-electron chi connectivity index (χ0n) is 29.0. The molecule has 0 spiro atoms. The van der Waals surface area contributed by atoms with Crippen LogP contribution in [0, 0.1) is 0 Å². The fraction of sp³-hybridized carbons (Fsp3) is 0.268. The molecule has 6 aromatic rings. The van der Waals surface area contributed by atoms with Gasteiger partial charge >= 0.3 is 6.03 Å². The van der Waals surface area contributed by atoms with E-state index in [-0.39, 0.29) is 6.03 Å². The van der Waals surface area contributed by atoms with Crippen molar-refractivity contribution < 1.29 is 14.2 Å². The molecule has 1 fully saturated rings. The molecular formula is C41H44N7O2S+. The van der Waals surface area contributed by atoms with E-state index in [0.29, 0.717) is 38.5 Å². The Morgan fingerprint density at radius 3 is 2.35 bits per heavy atom. The van der Waals surface area contributed by atoms with E-state index in [2.05, 4.69) is 96.4 Å². The molecule has 0 bridgehead atoms. The van der Waals surface area contributed by atoms with Gasteiger partial charge in [-0.25, -0.2) is 9.78 Å². The molecule has 2 aromatic heterocycles. The summed E-state index contributed by atoms with van der Waals surface area (Å²) in [5.41, 5.74) is 14.6. The van der Waals surface area contributed by atoms with Crippen molar-refractivity contribution in [3.8, 4) is 43.6 Å². The number of hydrogen-bond acceptors (Lipinski definition) is 6. The van der Waals surface area contributed by atoms with Crippen LogP contribution in [0.1, 0.15) is 29.8 Å². The van der Waals surface area contributed by atoms with E-state index in [4.69, 9.17) is 20.7 Å². The summed E-state index contributed by atoms with van der Waals surface area (Å²) in [6.07, 6.45) is 6.67. The van der Waals surface area contributed by atoms with E-state index in [0.717, 1.165) is 70.2 Å². The maximum Gasteiger partial charge on any atom is 0.317 e. The van der Waals surface area contributed by atoms with Crippen LogP contribution in [-0.2, 0) is 26.3 Å². The number of thiazole rings is 1. The van der Waals surface area contributed by atoms with E-state index >= 15 is 0 Å². The Morgan fingerprint density at radius 2 is 1.63 bits per heavy atom. The minimum absolute atomic E-state index is 0.0504. The topological polar surface area (TPSA) is 102 Å². The van der Waals surface area contributed by atoms with Gasteiger partial charge in [-0.3, -0.25) is 0 Å².